The molecule has 2 aromatic heterocycles. The summed E-state index contributed by atoms with van der Waals surface area (Å²) in [7, 11) is 0. The summed E-state index contributed by atoms with van der Waals surface area (Å²) >= 11 is 6.19. The number of fused-ring (bicyclic) bond motifs is 3. The van der Waals surface area contributed by atoms with Crippen molar-refractivity contribution in [3.63, 3.8) is 0 Å². The predicted octanol–water partition coefficient (Wildman–Crippen LogP) is 5.97. The molecule has 0 aliphatic rings. The van der Waals surface area contributed by atoms with Crippen LogP contribution >= 0.6 is 11.6 Å². The molecule has 3 aromatic carbocycles. The lowest BCUT2D eigenvalue weighted by Gasteiger charge is -2.01. The topological polar surface area (TPSA) is 41.6 Å². The zero-order valence-corrected chi connectivity index (χ0v) is 15.8. The summed E-state index contributed by atoms with van der Waals surface area (Å²) in [5.41, 5.74) is 4.27. The highest BCUT2D eigenvalue weighted by Crippen LogP contribution is 2.31. The van der Waals surface area contributed by atoms with Crippen molar-refractivity contribution >= 4 is 33.5 Å². The normalized spacial score (nSPS) is 10.8. The first-order valence-electron chi connectivity index (χ1n) is 8.99. The molecule has 0 saturated heterocycles. The third-order valence-electron chi connectivity index (χ3n) is 4.64. The van der Waals surface area contributed by atoms with Crippen molar-refractivity contribution in [2.75, 3.05) is 0 Å². The van der Waals surface area contributed by atoms with E-state index in [2.05, 4.69) is 26.8 Å². The Morgan fingerprint density at radius 2 is 1.72 bits per heavy atom. The van der Waals surface area contributed by atoms with Crippen LogP contribution in [0.15, 0.2) is 72.9 Å². The minimum absolute atomic E-state index is 0.254. The number of imidazole rings is 1. The van der Waals surface area contributed by atoms with Gasteiger partial charge in [-0.2, -0.15) is 0 Å². The molecule has 0 bridgehead atoms. The Hall–Kier alpha value is -3.68. The van der Waals surface area contributed by atoms with Crippen LogP contribution in [-0.2, 0) is 0 Å². The molecule has 29 heavy (non-hydrogen) atoms. The maximum absolute atomic E-state index is 14.3. The summed E-state index contributed by atoms with van der Waals surface area (Å²) < 4.78 is 14.3. The highest BCUT2D eigenvalue weighted by Gasteiger charge is 2.15. The number of hydrogen-bond acceptors (Lipinski definition) is 2. The van der Waals surface area contributed by atoms with Gasteiger partial charge in [0, 0.05) is 16.5 Å². The molecule has 0 atom stereocenters. The SMILES string of the molecule is Fc1cccc(Cl)c1-c1nc2c(cnc3cc(C#Cc4ccccc4)ccc32)[nH]1. The van der Waals surface area contributed by atoms with Crippen molar-refractivity contribution in [3.05, 3.63) is 94.9 Å². The van der Waals surface area contributed by atoms with Gasteiger partial charge in [-0.05, 0) is 42.5 Å². The van der Waals surface area contributed by atoms with Crippen molar-refractivity contribution in [2.24, 2.45) is 0 Å². The molecule has 138 valence electrons. The van der Waals surface area contributed by atoms with Gasteiger partial charge >= 0.3 is 0 Å². The molecule has 0 aliphatic carbocycles. The Morgan fingerprint density at radius 1 is 0.897 bits per heavy atom. The lowest BCUT2D eigenvalue weighted by molar-refractivity contribution is 0.630. The molecular weight excluding hydrogens is 385 g/mol. The van der Waals surface area contributed by atoms with E-state index < -0.39 is 5.82 Å². The van der Waals surface area contributed by atoms with E-state index >= 15 is 0 Å². The van der Waals surface area contributed by atoms with E-state index in [-0.39, 0.29) is 5.56 Å². The molecule has 2 heterocycles. The number of nitrogens with zero attached hydrogens (tertiary/aromatic N) is 2. The largest absolute Gasteiger partial charge is 0.337 e. The molecular formula is C24H13ClFN3. The van der Waals surface area contributed by atoms with Gasteiger partial charge in [0.15, 0.2) is 0 Å². The molecule has 0 fully saturated rings. The molecule has 5 heteroatoms. The lowest BCUT2D eigenvalue weighted by Crippen LogP contribution is -1.87. The number of aromatic nitrogens is 3. The predicted molar refractivity (Wildman–Crippen MR) is 114 cm³/mol. The van der Waals surface area contributed by atoms with Crippen LogP contribution in [0.2, 0.25) is 5.02 Å². The van der Waals surface area contributed by atoms with Crippen LogP contribution < -0.4 is 0 Å². The zero-order chi connectivity index (χ0) is 19.8. The number of hydrogen-bond donors (Lipinski definition) is 1. The number of rotatable bonds is 1. The molecule has 5 rings (SSSR count). The van der Waals surface area contributed by atoms with Crippen molar-refractivity contribution in [2.45, 2.75) is 0 Å². The molecule has 0 spiro atoms. The van der Waals surface area contributed by atoms with Crippen LogP contribution in [0, 0.1) is 17.7 Å². The van der Waals surface area contributed by atoms with Crippen molar-refractivity contribution in [1.82, 2.24) is 15.0 Å². The minimum atomic E-state index is -0.424. The van der Waals surface area contributed by atoms with Crippen molar-refractivity contribution < 1.29 is 4.39 Å². The fraction of sp³-hybridized carbons (Fsp3) is 0. The fourth-order valence-electron chi connectivity index (χ4n) is 3.24. The monoisotopic (exact) mass is 397 g/mol. The molecule has 0 unspecified atom stereocenters. The number of benzene rings is 3. The summed E-state index contributed by atoms with van der Waals surface area (Å²) in [5, 5.41) is 1.17. The van der Waals surface area contributed by atoms with Gasteiger partial charge in [-0.25, -0.2) is 9.37 Å². The maximum atomic E-state index is 14.3. The summed E-state index contributed by atoms with van der Waals surface area (Å²) in [6.07, 6.45) is 1.69. The average Bonchev–Trinajstić information content (AvgIpc) is 3.17. The van der Waals surface area contributed by atoms with Gasteiger partial charge in [-0.3, -0.25) is 4.98 Å². The maximum Gasteiger partial charge on any atom is 0.143 e. The quantitative estimate of drug-likeness (QED) is 0.354. The van der Waals surface area contributed by atoms with Crippen molar-refractivity contribution in [3.8, 4) is 23.2 Å². The minimum Gasteiger partial charge on any atom is -0.337 e. The van der Waals surface area contributed by atoms with E-state index in [0.29, 0.717) is 16.4 Å². The Balaban J connectivity index is 1.61. The summed E-state index contributed by atoms with van der Waals surface area (Å²) in [5.74, 6) is 6.26. The smallest absolute Gasteiger partial charge is 0.143 e. The number of H-pyrrole nitrogens is 1. The van der Waals surface area contributed by atoms with Gasteiger partial charge in [-0.1, -0.05) is 47.7 Å². The van der Waals surface area contributed by atoms with E-state index in [4.69, 9.17) is 11.6 Å². The first-order valence-corrected chi connectivity index (χ1v) is 9.37. The number of nitrogens with one attached hydrogen (secondary N) is 1. The molecule has 5 aromatic rings. The van der Waals surface area contributed by atoms with Gasteiger partial charge in [0.2, 0.25) is 0 Å². The summed E-state index contributed by atoms with van der Waals surface area (Å²) in [4.78, 5) is 12.2. The van der Waals surface area contributed by atoms with Crippen molar-refractivity contribution in [1.29, 1.82) is 0 Å². The molecule has 0 aliphatic heterocycles. The van der Waals surface area contributed by atoms with E-state index in [0.717, 1.165) is 27.5 Å². The van der Waals surface area contributed by atoms with E-state index in [1.165, 1.54) is 6.07 Å². The standard InChI is InChI=1S/C24H13ClFN3/c25-18-7-4-8-19(26)22(18)24-28-21-14-27-20-13-16(11-12-17(20)23(21)29-24)10-9-15-5-2-1-3-6-15/h1-8,11-14H,(H,28,29). The van der Waals surface area contributed by atoms with E-state index in [9.17, 15) is 4.39 Å². The molecule has 0 radical (unpaired) electrons. The Kier molecular flexibility index (Phi) is 4.23. The van der Waals surface area contributed by atoms with Gasteiger partial charge in [0.25, 0.3) is 0 Å². The zero-order valence-electron chi connectivity index (χ0n) is 15.1. The second kappa shape index (κ2) is 7.05. The van der Waals surface area contributed by atoms with Gasteiger partial charge in [-0.15, -0.1) is 0 Å². The first kappa shape index (κ1) is 17.4. The van der Waals surface area contributed by atoms with Gasteiger partial charge in [0.05, 0.1) is 33.3 Å². The van der Waals surface area contributed by atoms with Crippen LogP contribution in [0.5, 0.6) is 0 Å². The van der Waals surface area contributed by atoms with Gasteiger partial charge in [0.1, 0.15) is 11.6 Å². The molecule has 1 N–H and O–H groups in total. The van der Waals surface area contributed by atoms with E-state index in [1.54, 1.807) is 18.3 Å². The second-order valence-corrected chi connectivity index (χ2v) is 6.96. The highest BCUT2D eigenvalue weighted by atomic mass is 35.5. The summed E-state index contributed by atoms with van der Waals surface area (Å²) in [6, 6.07) is 20.2. The highest BCUT2D eigenvalue weighted by molar-refractivity contribution is 6.33. The second-order valence-electron chi connectivity index (χ2n) is 6.55. The third-order valence-corrected chi connectivity index (χ3v) is 4.96. The Labute approximate surface area is 171 Å². The van der Waals surface area contributed by atoms with Crippen LogP contribution in [0.3, 0.4) is 0 Å². The number of halogens is 2. The first-order chi connectivity index (χ1) is 14.2. The van der Waals surface area contributed by atoms with Crippen LogP contribution in [0.25, 0.3) is 33.3 Å². The van der Waals surface area contributed by atoms with Crippen LogP contribution in [0.4, 0.5) is 4.39 Å². The Bertz CT molecular complexity index is 1410. The van der Waals surface area contributed by atoms with Crippen LogP contribution in [0.1, 0.15) is 11.1 Å². The third kappa shape index (κ3) is 3.22. The average molecular weight is 398 g/mol. The lowest BCUT2D eigenvalue weighted by atomic mass is 10.1. The number of pyridine rings is 1. The van der Waals surface area contributed by atoms with E-state index in [1.807, 2.05) is 48.5 Å². The molecule has 0 saturated carbocycles. The summed E-state index contributed by atoms with van der Waals surface area (Å²) in [6.45, 7) is 0. The van der Waals surface area contributed by atoms with Gasteiger partial charge < -0.3 is 4.98 Å². The molecule has 3 nitrogen and oxygen atoms in total. The fourth-order valence-corrected chi connectivity index (χ4v) is 3.50. The molecule has 0 amide bonds. The van der Waals surface area contributed by atoms with Crippen LogP contribution in [-0.4, -0.2) is 15.0 Å². The number of aromatic amines is 1. The Morgan fingerprint density at radius 3 is 2.55 bits per heavy atom.